The number of rotatable bonds is 7. The lowest BCUT2D eigenvalue weighted by Gasteiger charge is -2.16. The molecule has 20 heavy (non-hydrogen) atoms. The van der Waals surface area contributed by atoms with Gasteiger partial charge in [-0.1, -0.05) is 18.3 Å². The standard InChI is InChI=1S/C12H17FN2O3S2/c1-8(6-7-18-2)15-20(16,17)10-5-3-4-9(13)11(10)12(14)19/h3-5,8,15H,6-7H2,1-2H3,(H2,14,19). The molecule has 5 nitrogen and oxygen atoms in total. The molecule has 0 aliphatic heterocycles. The Labute approximate surface area is 123 Å². The topological polar surface area (TPSA) is 81.4 Å². The van der Waals surface area contributed by atoms with Crippen LogP contribution in [0.5, 0.6) is 0 Å². The van der Waals surface area contributed by atoms with Crippen LogP contribution >= 0.6 is 12.2 Å². The molecule has 0 radical (unpaired) electrons. The van der Waals surface area contributed by atoms with Crippen molar-refractivity contribution in [3.05, 3.63) is 29.6 Å². The molecule has 1 aromatic carbocycles. The fourth-order valence-electron chi connectivity index (χ4n) is 1.65. The van der Waals surface area contributed by atoms with Crippen LogP contribution in [0, 0.1) is 5.82 Å². The van der Waals surface area contributed by atoms with Crippen LogP contribution in [0.15, 0.2) is 23.1 Å². The number of halogens is 1. The highest BCUT2D eigenvalue weighted by molar-refractivity contribution is 7.89. The van der Waals surface area contributed by atoms with Crippen molar-refractivity contribution in [3.63, 3.8) is 0 Å². The maximum atomic E-state index is 13.7. The van der Waals surface area contributed by atoms with E-state index < -0.39 is 15.8 Å². The number of sulfonamides is 1. The SMILES string of the molecule is COCCC(C)NS(=O)(=O)c1cccc(F)c1C(N)=S. The molecule has 3 N–H and O–H groups in total. The number of ether oxygens (including phenoxy) is 1. The van der Waals surface area contributed by atoms with E-state index in [1.165, 1.54) is 19.2 Å². The summed E-state index contributed by atoms with van der Waals surface area (Å²) in [5, 5.41) is 0. The minimum atomic E-state index is -3.90. The van der Waals surface area contributed by atoms with Gasteiger partial charge in [-0.15, -0.1) is 0 Å². The fourth-order valence-corrected chi connectivity index (χ4v) is 3.43. The molecule has 0 heterocycles. The highest BCUT2D eigenvalue weighted by atomic mass is 32.2. The van der Waals surface area contributed by atoms with Crippen molar-refractivity contribution in [1.29, 1.82) is 0 Å². The van der Waals surface area contributed by atoms with Gasteiger partial charge in [0.1, 0.15) is 10.8 Å². The minimum Gasteiger partial charge on any atom is -0.389 e. The molecule has 0 saturated heterocycles. The van der Waals surface area contributed by atoms with Crippen LogP contribution in [0.4, 0.5) is 4.39 Å². The van der Waals surface area contributed by atoms with Crippen LogP contribution in [0.3, 0.4) is 0 Å². The van der Waals surface area contributed by atoms with E-state index in [0.717, 1.165) is 6.07 Å². The summed E-state index contributed by atoms with van der Waals surface area (Å²) in [7, 11) is -2.37. The minimum absolute atomic E-state index is 0.255. The first kappa shape index (κ1) is 17.0. The second-order valence-electron chi connectivity index (χ2n) is 4.28. The molecule has 0 spiro atoms. The summed E-state index contributed by atoms with van der Waals surface area (Å²) >= 11 is 4.72. The van der Waals surface area contributed by atoms with Gasteiger partial charge in [-0.3, -0.25) is 0 Å². The number of thiocarbonyl (C=S) groups is 1. The van der Waals surface area contributed by atoms with Gasteiger partial charge >= 0.3 is 0 Å². The van der Waals surface area contributed by atoms with E-state index in [2.05, 4.69) is 4.72 Å². The average molecular weight is 320 g/mol. The molecule has 0 fully saturated rings. The lowest BCUT2D eigenvalue weighted by atomic mass is 10.2. The molecule has 112 valence electrons. The predicted molar refractivity (Wildman–Crippen MR) is 78.6 cm³/mol. The maximum absolute atomic E-state index is 13.7. The molecule has 0 aromatic heterocycles. The molecule has 1 rings (SSSR count). The van der Waals surface area contributed by atoms with Crippen molar-refractivity contribution in [1.82, 2.24) is 4.72 Å². The van der Waals surface area contributed by atoms with Crippen LogP contribution in [-0.4, -0.2) is 33.2 Å². The van der Waals surface area contributed by atoms with E-state index in [-0.39, 0.29) is 21.5 Å². The van der Waals surface area contributed by atoms with Gasteiger partial charge in [0.25, 0.3) is 0 Å². The van der Waals surface area contributed by atoms with E-state index >= 15 is 0 Å². The molecule has 1 atom stereocenters. The largest absolute Gasteiger partial charge is 0.389 e. The number of nitrogens with two attached hydrogens (primary N) is 1. The van der Waals surface area contributed by atoms with Gasteiger partial charge in [-0.2, -0.15) is 0 Å². The second-order valence-corrected chi connectivity index (χ2v) is 6.40. The quantitative estimate of drug-likeness (QED) is 0.737. The Morgan fingerprint density at radius 1 is 1.55 bits per heavy atom. The van der Waals surface area contributed by atoms with E-state index in [1.54, 1.807) is 6.92 Å². The Morgan fingerprint density at radius 2 is 2.20 bits per heavy atom. The lowest BCUT2D eigenvalue weighted by molar-refractivity contribution is 0.188. The van der Waals surface area contributed by atoms with E-state index in [4.69, 9.17) is 22.7 Å². The summed E-state index contributed by atoms with van der Waals surface area (Å²) in [6.07, 6.45) is 0.494. The van der Waals surface area contributed by atoms with Crippen molar-refractivity contribution in [2.24, 2.45) is 5.73 Å². The third kappa shape index (κ3) is 4.20. The third-order valence-corrected chi connectivity index (χ3v) is 4.46. The third-order valence-electron chi connectivity index (χ3n) is 2.62. The van der Waals surface area contributed by atoms with E-state index in [1.807, 2.05) is 0 Å². The smallest absolute Gasteiger partial charge is 0.241 e. The van der Waals surface area contributed by atoms with Crippen molar-refractivity contribution >= 4 is 27.2 Å². The Hall–Kier alpha value is -1.09. The average Bonchev–Trinajstić information content (AvgIpc) is 2.35. The summed E-state index contributed by atoms with van der Waals surface area (Å²) in [5.74, 6) is -0.759. The monoisotopic (exact) mass is 320 g/mol. The highest BCUT2D eigenvalue weighted by Gasteiger charge is 2.24. The predicted octanol–water partition coefficient (Wildman–Crippen LogP) is 1.16. The first-order chi connectivity index (χ1) is 9.29. The van der Waals surface area contributed by atoms with Crippen LogP contribution in [0.2, 0.25) is 0 Å². The van der Waals surface area contributed by atoms with Gasteiger partial charge in [0, 0.05) is 19.8 Å². The first-order valence-electron chi connectivity index (χ1n) is 5.89. The Bertz CT molecular complexity index is 590. The van der Waals surface area contributed by atoms with E-state index in [0.29, 0.717) is 13.0 Å². The number of hydrogen-bond donors (Lipinski definition) is 2. The molecule has 8 heteroatoms. The zero-order chi connectivity index (χ0) is 15.3. The maximum Gasteiger partial charge on any atom is 0.241 e. The van der Waals surface area contributed by atoms with Crippen molar-refractivity contribution < 1.29 is 17.5 Å². The molecule has 1 unspecified atom stereocenters. The van der Waals surface area contributed by atoms with Crippen LogP contribution in [0.25, 0.3) is 0 Å². The number of nitrogens with one attached hydrogen (secondary N) is 1. The van der Waals surface area contributed by atoms with Gasteiger partial charge < -0.3 is 10.5 Å². The summed E-state index contributed by atoms with van der Waals surface area (Å²) in [6, 6.07) is 3.32. The first-order valence-corrected chi connectivity index (χ1v) is 7.78. The summed E-state index contributed by atoms with van der Waals surface area (Å²) in [6.45, 7) is 2.10. The second kappa shape index (κ2) is 7.07. The van der Waals surface area contributed by atoms with Crippen LogP contribution < -0.4 is 10.5 Å². The molecule has 1 aromatic rings. The molecule has 0 saturated carbocycles. The zero-order valence-electron chi connectivity index (χ0n) is 11.2. The summed E-state index contributed by atoms with van der Waals surface area (Å²) in [4.78, 5) is -0.553. The Morgan fingerprint density at radius 3 is 2.75 bits per heavy atom. The molecule has 0 aliphatic rings. The van der Waals surface area contributed by atoms with Crippen molar-refractivity contribution in [2.45, 2.75) is 24.3 Å². The molecular weight excluding hydrogens is 303 g/mol. The van der Waals surface area contributed by atoms with Gasteiger partial charge in [0.2, 0.25) is 10.0 Å². The van der Waals surface area contributed by atoms with Crippen molar-refractivity contribution in [2.75, 3.05) is 13.7 Å². The molecular formula is C12H17FN2O3S2. The summed E-state index contributed by atoms with van der Waals surface area (Å²) in [5.41, 5.74) is 5.13. The number of methoxy groups -OCH3 is 1. The van der Waals surface area contributed by atoms with Crippen LogP contribution in [0.1, 0.15) is 18.9 Å². The van der Waals surface area contributed by atoms with Gasteiger partial charge in [0.05, 0.1) is 10.5 Å². The number of benzene rings is 1. The van der Waals surface area contributed by atoms with Crippen molar-refractivity contribution in [3.8, 4) is 0 Å². The Balaban J connectivity index is 3.10. The molecule has 0 amide bonds. The lowest BCUT2D eigenvalue weighted by Crippen LogP contribution is -2.34. The molecule has 0 aliphatic carbocycles. The normalized spacial score (nSPS) is 13.2. The fraction of sp³-hybridized carbons (Fsp3) is 0.417. The number of hydrogen-bond acceptors (Lipinski definition) is 4. The van der Waals surface area contributed by atoms with Gasteiger partial charge in [-0.05, 0) is 25.5 Å². The Kier molecular flexibility index (Phi) is 6.00. The van der Waals surface area contributed by atoms with Crippen LogP contribution in [-0.2, 0) is 14.8 Å². The molecule has 0 bridgehead atoms. The summed E-state index contributed by atoms with van der Waals surface area (Å²) < 4.78 is 45.5. The van der Waals surface area contributed by atoms with E-state index in [9.17, 15) is 12.8 Å². The van der Waals surface area contributed by atoms with Gasteiger partial charge in [-0.25, -0.2) is 17.5 Å². The van der Waals surface area contributed by atoms with Gasteiger partial charge in [0.15, 0.2) is 0 Å². The zero-order valence-corrected chi connectivity index (χ0v) is 12.9. The highest BCUT2D eigenvalue weighted by Crippen LogP contribution is 2.19.